The first-order chi connectivity index (χ1) is 14.9. The van der Waals surface area contributed by atoms with Crippen molar-refractivity contribution < 1.29 is 19.2 Å². The molecule has 2 aliphatic heterocycles. The minimum Gasteiger partial charge on any atom is -0.341 e. The van der Waals surface area contributed by atoms with Crippen LogP contribution < -0.4 is 10.6 Å². The van der Waals surface area contributed by atoms with E-state index in [4.69, 9.17) is 0 Å². The van der Waals surface area contributed by atoms with Crippen LogP contribution in [-0.4, -0.2) is 58.7 Å². The van der Waals surface area contributed by atoms with E-state index in [0.717, 1.165) is 29.8 Å². The van der Waals surface area contributed by atoms with Gasteiger partial charge in [0, 0.05) is 24.7 Å². The Balaban J connectivity index is 1.30. The van der Waals surface area contributed by atoms with E-state index in [1.54, 1.807) is 4.90 Å². The molecular formula is C23H30N4O4. The maximum Gasteiger partial charge on any atom is 0.325 e. The van der Waals surface area contributed by atoms with Gasteiger partial charge in [-0.2, -0.15) is 0 Å². The SMILES string of the molecule is C[C@H]1CCCC[C@@]12NC(=O)N(CC(=O)N1CCC(C(=O)Nc3ccccc3)CC1)C2=O. The van der Waals surface area contributed by atoms with E-state index >= 15 is 0 Å². The van der Waals surface area contributed by atoms with Gasteiger partial charge in [-0.05, 0) is 43.7 Å². The number of imide groups is 1. The largest absolute Gasteiger partial charge is 0.341 e. The fourth-order valence-corrected chi connectivity index (χ4v) is 5.03. The van der Waals surface area contributed by atoms with Crippen LogP contribution >= 0.6 is 0 Å². The Morgan fingerprint density at radius 1 is 1.10 bits per heavy atom. The number of nitrogens with zero attached hydrogens (tertiary/aromatic N) is 2. The smallest absolute Gasteiger partial charge is 0.325 e. The highest BCUT2D eigenvalue weighted by Gasteiger charge is 2.55. The lowest BCUT2D eigenvalue weighted by Gasteiger charge is -2.37. The van der Waals surface area contributed by atoms with E-state index in [2.05, 4.69) is 10.6 Å². The summed E-state index contributed by atoms with van der Waals surface area (Å²) in [7, 11) is 0. The summed E-state index contributed by atoms with van der Waals surface area (Å²) >= 11 is 0. The van der Waals surface area contributed by atoms with E-state index < -0.39 is 11.6 Å². The van der Waals surface area contributed by atoms with E-state index in [9.17, 15) is 19.2 Å². The first-order valence-electron chi connectivity index (χ1n) is 11.2. The van der Waals surface area contributed by atoms with Crippen LogP contribution in [0, 0.1) is 11.8 Å². The number of carbonyl (C=O) groups excluding carboxylic acids is 4. The van der Waals surface area contributed by atoms with Crippen LogP contribution in [-0.2, 0) is 14.4 Å². The van der Waals surface area contributed by atoms with Gasteiger partial charge in [0.25, 0.3) is 5.91 Å². The Labute approximate surface area is 182 Å². The van der Waals surface area contributed by atoms with Gasteiger partial charge in [0.05, 0.1) is 0 Å². The molecule has 2 saturated heterocycles. The molecule has 31 heavy (non-hydrogen) atoms. The fraction of sp³-hybridized carbons (Fsp3) is 0.565. The third kappa shape index (κ3) is 4.16. The lowest BCUT2D eigenvalue weighted by atomic mass is 9.73. The number of urea groups is 1. The highest BCUT2D eigenvalue weighted by Crippen LogP contribution is 2.38. The number of piperidine rings is 1. The normalized spacial score (nSPS) is 26.8. The molecule has 0 radical (unpaired) electrons. The van der Waals surface area contributed by atoms with Crippen LogP contribution in [0.5, 0.6) is 0 Å². The van der Waals surface area contributed by atoms with E-state index in [1.807, 2.05) is 37.3 Å². The zero-order valence-corrected chi connectivity index (χ0v) is 17.9. The number of rotatable bonds is 4. The van der Waals surface area contributed by atoms with Crippen molar-refractivity contribution >= 4 is 29.4 Å². The zero-order chi connectivity index (χ0) is 22.0. The standard InChI is InChI=1S/C23H30N4O4/c1-16-7-5-6-12-23(16)21(30)27(22(31)25-23)15-19(28)26-13-10-17(11-14-26)20(29)24-18-8-3-2-4-9-18/h2-4,8-9,16-17H,5-7,10-15H2,1H3,(H,24,29)(H,25,31)/t16-,23+/m0/s1. The maximum absolute atomic E-state index is 13.1. The Bertz CT molecular complexity index is 866. The van der Waals surface area contributed by atoms with Crippen molar-refractivity contribution in [1.82, 2.24) is 15.1 Å². The Morgan fingerprint density at radius 2 is 1.81 bits per heavy atom. The molecule has 4 rings (SSSR count). The van der Waals surface area contributed by atoms with Crippen molar-refractivity contribution in [3.8, 4) is 0 Å². The van der Waals surface area contributed by atoms with Gasteiger partial charge in [0.15, 0.2) is 0 Å². The summed E-state index contributed by atoms with van der Waals surface area (Å²) in [6.07, 6.45) is 4.60. The molecule has 2 atom stereocenters. The average molecular weight is 427 g/mol. The van der Waals surface area contributed by atoms with Gasteiger partial charge in [0.2, 0.25) is 11.8 Å². The summed E-state index contributed by atoms with van der Waals surface area (Å²) < 4.78 is 0. The monoisotopic (exact) mass is 426 g/mol. The second kappa shape index (κ2) is 8.69. The molecule has 0 bridgehead atoms. The molecule has 1 aromatic carbocycles. The van der Waals surface area contributed by atoms with Crippen LogP contribution in [0.2, 0.25) is 0 Å². The van der Waals surface area contributed by atoms with E-state index in [1.165, 1.54) is 0 Å². The van der Waals surface area contributed by atoms with Gasteiger partial charge in [-0.25, -0.2) is 4.79 Å². The van der Waals surface area contributed by atoms with Crippen molar-refractivity contribution in [3.05, 3.63) is 30.3 Å². The summed E-state index contributed by atoms with van der Waals surface area (Å²) in [6, 6.07) is 8.84. The van der Waals surface area contributed by atoms with Gasteiger partial charge >= 0.3 is 6.03 Å². The third-order valence-corrected chi connectivity index (χ3v) is 7.05. The molecule has 166 valence electrons. The fourth-order valence-electron chi connectivity index (χ4n) is 5.03. The predicted octanol–water partition coefficient (Wildman–Crippen LogP) is 2.36. The van der Waals surface area contributed by atoms with E-state index in [-0.39, 0.29) is 36.1 Å². The number of likely N-dealkylation sites (tertiary alicyclic amines) is 1. The van der Waals surface area contributed by atoms with Crippen molar-refractivity contribution in [2.75, 3.05) is 25.0 Å². The molecule has 0 aromatic heterocycles. The number of benzene rings is 1. The van der Waals surface area contributed by atoms with Crippen LogP contribution in [0.25, 0.3) is 0 Å². The summed E-state index contributed by atoms with van der Waals surface area (Å²) in [6.45, 7) is 2.64. The molecule has 1 aromatic rings. The number of nitrogens with one attached hydrogen (secondary N) is 2. The number of hydrogen-bond donors (Lipinski definition) is 2. The molecule has 8 heteroatoms. The minimum absolute atomic E-state index is 0.0411. The minimum atomic E-state index is -0.849. The van der Waals surface area contributed by atoms with Crippen LogP contribution in [0.4, 0.5) is 10.5 Å². The predicted molar refractivity (Wildman–Crippen MR) is 115 cm³/mol. The number of para-hydroxylation sites is 1. The molecular weight excluding hydrogens is 396 g/mol. The maximum atomic E-state index is 13.1. The highest BCUT2D eigenvalue weighted by atomic mass is 16.2. The van der Waals surface area contributed by atoms with Gasteiger partial charge in [-0.3, -0.25) is 19.3 Å². The van der Waals surface area contributed by atoms with Crippen LogP contribution in [0.1, 0.15) is 45.4 Å². The first kappa shape index (κ1) is 21.3. The Morgan fingerprint density at radius 3 is 2.48 bits per heavy atom. The molecule has 1 saturated carbocycles. The van der Waals surface area contributed by atoms with Crippen molar-refractivity contribution in [2.45, 2.75) is 51.0 Å². The highest BCUT2D eigenvalue weighted by molar-refractivity contribution is 6.09. The van der Waals surface area contributed by atoms with Gasteiger partial charge < -0.3 is 15.5 Å². The van der Waals surface area contributed by atoms with Crippen molar-refractivity contribution in [3.63, 3.8) is 0 Å². The summed E-state index contributed by atoms with van der Waals surface area (Å²) in [5, 5.41) is 5.80. The van der Waals surface area contributed by atoms with Crippen molar-refractivity contribution in [1.29, 1.82) is 0 Å². The van der Waals surface area contributed by atoms with Gasteiger partial charge in [-0.15, -0.1) is 0 Å². The van der Waals surface area contributed by atoms with Crippen molar-refractivity contribution in [2.24, 2.45) is 11.8 Å². The lowest BCUT2D eigenvalue weighted by molar-refractivity contribution is -0.141. The second-order valence-corrected chi connectivity index (χ2v) is 8.95. The van der Waals surface area contributed by atoms with Gasteiger partial charge in [0.1, 0.15) is 12.1 Å². The number of hydrogen-bond acceptors (Lipinski definition) is 4. The number of amides is 5. The second-order valence-electron chi connectivity index (χ2n) is 8.95. The van der Waals surface area contributed by atoms with Crippen LogP contribution in [0.15, 0.2) is 30.3 Å². The Kier molecular flexibility index (Phi) is 5.98. The van der Waals surface area contributed by atoms with E-state index in [0.29, 0.717) is 32.4 Å². The molecule has 2 heterocycles. The molecule has 0 unspecified atom stereocenters. The van der Waals surface area contributed by atoms with Crippen LogP contribution in [0.3, 0.4) is 0 Å². The summed E-state index contributed by atoms with van der Waals surface area (Å²) in [5.41, 5.74) is -0.0894. The quantitative estimate of drug-likeness (QED) is 0.722. The first-order valence-corrected chi connectivity index (χ1v) is 11.2. The molecule has 5 amide bonds. The van der Waals surface area contributed by atoms with Gasteiger partial charge in [-0.1, -0.05) is 38.0 Å². The molecule has 3 aliphatic rings. The average Bonchev–Trinajstić information content (AvgIpc) is 3.01. The molecule has 1 spiro atoms. The number of anilines is 1. The zero-order valence-electron chi connectivity index (χ0n) is 17.9. The summed E-state index contributed by atoms with van der Waals surface area (Å²) in [4.78, 5) is 53.6. The molecule has 1 aliphatic carbocycles. The lowest BCUT2D eigenvalue weighted by Crippen LogP contribution is -2.54. The number of carbonyl (C=O) groups is 4. The topological polar surface area (TPSA) is 98.8 Å². The molecule has 8 nitrogen and oxygen atoms in total. The molecule has 3 fully saturated rings. The Hall–Kier alpha value is -2.90. The molecule has 2 N–H and O–H groups in total. The third-order valence-electron chi connectivity index (χ3n) is 7.05. The summed E-state index contributed by atoms with van der Waals surface area (Å²) in [5.74, 6) is -0.647.